The van der Waals surface area contributed by atoms with Gasteiger partial charge in [0.15, 0.2) is 0 Å². The molecule has 0 saturated heterocycles. The molecule has 0 N–H and O–H groups in total. The quantitative estimate of drug-likeness (QED) is 0.675. The Balaban J connectivity index is 2.33. The maximum Gasteiger partial charge on any atom is 0.348 e. The third-order valence-corrected chi connectivity index (χ3v) is 4.53. The van der Waals surface area contributed by atoms with E-state index in [0.29, 0.717) is 5.92 Å². The highest BCUT2D eigenvalue weighted by atomic mass is 16.1. The zero-order valence-electron chi connectivity index (χ0n) is 15.0. The van der Waals surface area contributed by atoms with E-state index in [9.17, 15) is 4.79 Å². The molecule has 1 heterocycles. The summed E-state index contributed by atoms with van der Waals surface area (Å²) in [6.45, 7) is 10.5. The first-order valence-corrected chi connectivity index (χ1v) is 8.52. The number of hydrogen-bond donors (Lipinski definition) is 0. The van der Waals surface area contributed by atoms with Crippen LogP contribution in [0.5, 0.6) is 0 Å². The lowest BCUT2D eigenvalue weighted by atomic mass is 9.98. The Bertz CT molecular complexity index is 934. The smallest absolute Gasteiger partial charge is 0.289 e. The zero-order valence-corrected chi connectivity index (χ0v) is 15.0. The van der Waals surface area contributed by atoms with Crippen LogP contribution in [0.25, 0.3) is 22.2 Å². The van der Waals surface area contributed by atoms with E-state index in [1.54, 1.807) is 4.57 Å². The molecule has 0 amide bonds. The number of nitrogens with zero attached hydrogens (tertiary/aromatic N) is 2. The monoisotopic (exact) mass is 320 g/mol. The van der Waals surface area contributed by atoms with Crippen LogP contribution in [0.1, 0.15) is 50.8 Å². The van der Waals surface area contributed by atoms with E-state index < -0.39 is 0 Å². The Kier molecular flexibility index (Phi) is 4.27. The summed E-state index contributed by atoms with van der Waals surface area (Å²) in [4.78, 5) is 17.0. The van der Waals surface area contributed by atoms with E-state index in [0.717, 1.165) is 27.7 Å². The van der Waals surface area contributed by atoms with Gasteiger partial charge in [-0.15, -0.1) is 0 Å². The molecular weight excluding hydrogens is 296 g/mol. The molecule has 0 bridgehead atoms. The van der Waals surface area contributed by atoms with Gasteiger partial charge in [0.1, 0.15) is 0 Å². The molecule has 2 aromatic carbocycles. The highest BCUT2D eigenvalue weighted by Gasteiger charge is 2.15. The highest BCUT2D eigenvalue weighted by Crippen LogP contribution is 2.30. The van der Waals surface area contributed by atoms with Gasteiger partial charge < -0.3 is 0 Å². The van der Waals surface area contributed by atoms with Gasteiger partial charge in [-0.25, -0.2) is 4.79 Å². The summed E-state index contributed by atoms with van der Waals surface area (Å²) in [5.41, 5.74) is 4.96. The summed E-state index contributed by atoms with van der Waals surface area (Å²) < 4.78 is 1.77. The molecule has 0 saturated carbocycles. The molecule has 3 heteroatoms. The maximum absolute atomic E-state index is 12.6. The van der Waals surface area contributed by atoms with Gasteiger partial charge in [0.2, 0.25) is 0 Å². The lowest BCUT2D eigenvalue weighted by Crippen LogP contribution is -2.25. The summed E-state index contributed by atoms with van der Waals surface area (Å²) in [5, 5.41) is 1.06. The molecule has 24 heavy (non-hydrogen) atoms. The van der Waals surface area contributed by atoms with Gasteiger partial charge in [-0.05, 0) is 43.9 Å². The molecule has 3 aromatic rings. The first-order valence-electron chi connectivity index (χ1n) is 8.52. The first-order chi connectivity index (χ1) is 11.4. The van der Waals surface area contributed by atoms with Crippen molar-refractivity contribution in [3.63, 3.8) is 0 Å². The number of hydrogen-bond acceptors (Lipinski definition) is 2. The summed E-state index contributed by atoms with van der Waals surface area (Å²) in [6, 6.07) is 14.6. The fourth-order valence-corrected chi connectivity index (χ4v) is 3.20. The molecule has 0 spiro atoms. The predicted molar refractivity (Wildman–Crippen MR) is 101 cm³/mol. The lowest BCUT2D eigenvalue weighted by molar-refractivity contribution is 0.587. The summed E-state index contributed by atoms with van der Waals surface area (Å²) in [5.74, 6) is 0.486. The minimum absolute atomic E-state index is 0.0756. The minimum Gasteiger partial charge on any atom is -0.289 e. The summed E-state index contributed by atoms with van der Waals surface area (Å²) in [7, 11) is 0. The molecule has 0 aliphatic carbocycles. The van der Waals surface area contributed by atoms with Gasteiger partial charge in [0, 0.05) is 17.0 Å². The largest absolute Gasteiger partial charge is 0.348 e. The molecule has 3 rings (SSSR count). The van der Waals surface area contributed by atoms with Crippen molar-refractivity contribution < 1.29 is 0 Å². The van der Waals surface area contributed by atoms with Crippen LogP contribution in [0.15, 0.2) is 47.3 Å². The van der Waals surface area contributed by atoms with Crippen molar-refractivity contribution in [2.45, 2.75) is 46.6 Å². The van der Waals surface area contributed by atoms with Gasteiger partial charge in [-0.3, -0.25) is 4.57 Å². The predicted octanol–water partition coefficient (Wildman–Crippen LogP) is 5.08. The second kappa shape index (κ2) is 6.23. The van der Waals surface area contributed by atoms with Crippen molar-refractivity contribution in [2.75, 3.05) is 0 Å². The van der Waals surface area contributed by atoms with E-state index >= 15 is 0 Å². The van der Waals surface area contributed by atoms with E-state index in [-0.39, 0.29) is 11.7 Å². The molecule has 3 nitrogen and oxygen atoms in total. The van der Waals surface area contributed by atoms with Crippen LogP contribution in [0.2, 0.25) is 0 Å². The normalized spacial score (nSPS) is 11.6. The molecule has 1 aromatic heterocycles. The standard InChI is InChI=1S/C21H24N2O/c1-13(2)16-9-11-17(12-10-16)20-19-15(5)7-6-8-18(19)23(14(3)4)21(24)22-20/h6-14H,1-5H3. The molecule has 0 radical (unpaired) electrons. The minimum atomic E-state index is -0.189. The van der Waals surface area contributed by atoms with Gasteiger partial charge in [0.25, 0.3) is 0 Å². The number of fused-ring (bicyclic) bond motifs is 1. The number of aryl methyl sites for hydroxylation is 1. The van der Waals surface area contributed by atoms with Crippen molar-refractivity contribution in [3.8, 4) is 11.3 Å². The van der Waals surface area contributed by atoms with Crippen LogP contribution < -0.4 is 5.69 Å². The Morgan fingerprint density at radius 2 is 1.62 bits per heavy atom. The van der Waals surface area contributed by atoms with Gasteiger partial charge in [-0.2, -0.15) is 4.98 Å². The Morgan fingerprint density at radius 1 is 0.958 bits per heavy atom. The fourth-order valence-electron chi connectivity index (χ4n) is 3.20. The third kappa shape index (κ3) is 2.75. The molecule has 0 atom stereocenters. The van der Waals surface area contributed by atoms with Gasteiger partial charge in [-0.1, -0.05) is 50.2 Å². The van der Waals surface area contributed by atoms with Crippen LogP contribution >= 0.6 is 0 Å². The molecule has 0 unspecified atom stereocenters. The van der Waals surface area contributed by atoms with Gasteiger partial charge in [0.05, 0.1) is 11.2 Å². The van der Waals surface area contributed by atoms with Gasteiger partial charge >= 0.3 is 5.69 Å². The van der Waals surface area contributed by atoms with Crippen molar-refractivity contribution in [1.29, 1.82) is 0 Å². The first kappa shape index (κ1) is 16.4. The molecular formula is C21H24N2O. The van der Waals surface area contributed by atoms with Crippen LogP contribution in [0.4, 0.5) is 0 Å². The third-order valence-electron chi connectivity index (χ3n) is 4.53. The summed E-state index contributed by atoms with van der Waals surface area (Å²) >= 11 is 0. The Morgan fingerprint density at radius 3 is 2.21 bits per heavy atom. The van der Waals surface area contributed by atoms with Crippen molar-refractivity contribution in [2.24, 2.45) is 0 Å². The lowest BCUT2D eigenvalue weighted by Gasteiger charge is -2.17. The Hall–Kier alpha value is -2.42. The van der Waals surface area contributed by atoms with Crippen molar-refractivity contribution in [3.05, 3.63) is 64.1 Å². The number of benzene rings is 2. The second-order valence-electron chi connectivity index (χ2n) is 6.95. The van der Waals surface area contributed by atoms with E-state index in [1.165, 1.54) is 5.56 Å². The van der Waals surface area contributed by atoms with Crippen LogP contribution in [-0.2, 0) is 0 Å². The molecule has 0 aliphatic rings. The second-order valence-corrected chi connectivity index (χ2v) is 6.95. The van der Waals surface area contributed by atoms with E-state index in [4.69, 9.17) is 0 Å². The number of aromatic nitrogens is 2. The molecule has 0 aliphatic heterocycles. The average Bonchev–Trinajstić information content (AvgIpc) is 2.53. The van der Waals surface area contributed by atoms with Crippen LogP contribution in [0, 0.1) is 6.92 Å². The Labute approximate surface area is 143 Å². The van der Waals surface area contributed by atoms with Crippen molar-refractivity contribution in [1.82, 2.24) is 9.55 Å². The molecule has 0 fully saturated rings. The van der Waals surface area contributed by atoms with E-state index in [1.807, 2.05) is 26.0 Å². The fraction of sp³-hybridized carbons (Fsp3) is 0.333. The average molecular weight is 320 g/mol. The highest BCUT2D eigenvalue weighted by molar-refractivity contribution is 5.95. The molecule has 124 valence electrons. The van der Waals surface area contributed by atoms with Crippen LogP contribution in [0.3, 0.4) is 0 Å². The number of rotatable bonds is 3. The van der Waals surface area contributed by atoms with Crippen LogP contribution in [-0.4, -0.2) is 9.55 Å². The van der Waals surface area contributed by atoms with Crippen molar-refractivity contribution >= 4 is 10.9 Å². The maximum atomic E-state index is 12.6. The zero-order chi connectivity index (χ0) is 17.4. The summed E-state index contributed by atoms with van der Waals surface area (Å²) in [6.07, 6.45) is 0. The SMILES string of the molecule is Cc1cccc2c1c(-c1ccc(C(C)C)cc1)nc(=O)n2C(C)C. The van der Waals surface area contributed by atoms with E-state index in [2.05, 4.69) is 56.1 Å². The topological polar surface area (TPSA) is 34.9 Å².